The molecule has 4 heteroatoms. The molecule has 0 spiro atoms. The van der Waals surface area contributed by atoms with E-state index in [2.05, 4.69) is 26.7 Å². The number of likely N-dealkylation sites (tertiary alicyclic amines) is 1. The summed E-state index contributed by atoms with van der Waals surface area (Å²) in [6.07, 6.45) is 7.89. The van der Waals surface area contributed by atoms with Crippen molar-refractivity contribution in [2.45, 2.75) is 39.3 Å². The Bertz CT molecular complexity index is 315. The lowest BCUT2D eigenvalue weighted by atomic mass is 10.3. The standard InChI is InChI=1S/C13H24N4/c1-2-17-12-15-11-13(17)10-14-6-5-9-16-7-3-4-8-16/h11-12,14H,2-10H2,1H3. The van der Waals surface area contributed by atoms with Crippen molar-refractivity contribution in [2.24, 2.45) is 0 Å². The zero-order chi connectivity index (χ0) is 11.9. The number of nitrogens with one attached hydrogen (secondary N) is 1. The van der Waals surface area contributed by atoms with Crippen molar-refractivity contribution in [2.75, 3.05) is 26.2 Å². The lowest BCUT2D eigenvalue weighted by Crippen LogP contribution is -2.25. The first-order valence-corrected chi connectivity index (χ1v) is 6.82. The fourth-order valence-corrected chi connectivity index (χ4v) is 2.43. The highest BCUT2D eigenvalue weighted by atomic mass is 15.1. The van der Waals surface area contributed by atoms with Gasteiger partial charge in [-0.3, -0.25) is 0 Å². The highest BCUT2D eigenvalue weighted by Gasteiger charge is 2.09. The van der Waals surface area contributed by atoms with Gasteiger partial charge in [0, 0.05) is 19.3 Å². The lowest BCUT2D eigenvalue weighted by Gasteiger charge is -2.14. The zero-order valence-electron chi connectivity index (χ0n) is 10.9. The first-order valence-electron chi connectivity index (χ1n) is 6.82. The van der Waals surface area contributed by atoms with Gasteiger partial charge in [0.15, 0.2) is 0 Å². The van der Waals surface area contributed by atoms with E-state index in [1.165, 1.54) is 44.6 Å². The average molecular weight is 236 g/mol. The van der Waals surface area contributed by atoms with E-state index in [4.69, 9.17) is 0 Å². The number of aromatic nitrogens is 2. The van der Waals surface area contributed by atoms with Gasteiger partial charge in [0.1, 0.15) is 0 Å². The number of imidazole rings is 1. The molecule has 0 aliphatic carbocycles. The molecule has 1 fully saturated rings. The van der Waals surface area contributed by atoms with Crippen LogP contribution in [0.25, 0.3) is 0 Å². The van der Waals surface area contributed by atoms with Crippen molar-refractivity contribution in [3.63, 3.8) is 0 Å². The number of nitrogens with zero attached hydrogens (tertiary/aromatic N) is 3. The molecule has 1 saturated heterocycles. The van der Waals surface area contributed by atoms with Crippen LogP contribution in [0.4, 0.5) is 0 Å². The number of aryl methyl sites for hydroxylation is 1. The van der Waals surface area contributed by atoms with E-state index in [1.54, 1.807) is 0 Å². The molecular formula is C13H24N4. The summed E-state index contributed by atoms with van der Waals surface area (Å²) < 4.78 is 2.19. The van der Waals surface area contributed by atoms with Crippen LogP contribution in [0.5, 0.6) is 0 Å². The van der Waals surface area contributed by atoms with Crippen LogP contribution < -0.4 is 5.32 Å². The van der Waals surface area contributed by atoms with E-state index < -0.39 is 0 Å². The fraction of sp³-hybridized carbons (Fsp3) is 0.769. The Labute approximate surface area is 104 Å². The first kappa shape index (κ1) is 12.6. The molecule has 0 aromatic carbocycles. The minimum absolute atomic E-state index is 0.938. The molecule has 0 amide bonds. The Kier molecular flexibility index (Phi) is 5.01. The maximum Gasteiger partial charge on any atom is 0.0948 e. The highest BCUT2D eigenvalue weighted by Crippen LogP contribution is 2.07. The number of hydrogen-bond acceptors (Lipinski definition) is 3. The van der Waals surface area contributed by atoms with E-state index in [0.29, 0.717) is 0 Å². The van der Waals surface area contributed by atoms with Gasteiger partial charge < -0.3 is 14.8 Å². The summed E-state index contributed by atoms with van der Waals surface area (Å²) in [5.74, 6) is 0. The van der Waals surface area contributed by atoms with Crippen molar-refractivity contribution in [1.29, 1.82) is 0 Å². The van der Waals surface area contributed by atoms with Crippen LogP contribution in [-0.4, -0.2) is 40.6 Å². The van der Waals surface area contributed by atoms with E-state index in [1.807, 2.05) is 12.5 Å². The molecule has 17 heavy (non-hydrogen) atoms. The van der Waals surface area contributed by atoms with Crippen LogP contribution in [0.15, 0.2) is 12.5 Å². The normalized spacial score (nSPS) is 16.8. The van der Waals surface area contributed by atoms with Crippen molar-refractivity contribution in [3.8, 4) is 0 Å². The lowest BCUT2D eigenvalue weighted by molar-refractivity contribution is 0.330. The van der Waals surface area contributed by atoms with E-state index >= 15 is 0 Å². The minimum Gasteiger partial charge on any atom is -0.334 e. The molecule has 4 nitrogen and oxygen atoms in total. The van der Waals surface area contributed by atoms with Crippen molar-refractivity contribution < 1.29 is 0 Å². The third-order valence-corrected chi connectivity index (χ3v) is 3.47. The Balaban J connectivity index is 1.56. The predicted octanol–water partition coefficient (Wildman–Crippen LogP) is 1.48. The Morgan fingerprint density at radius 3 is 2.94 bits per heavy atom. The molecule has 1 N–H and O–H groups in total. The highest BCUT2D eigenvalue weighted by molar-refractivity contribution is 4.97. The van der Waals surface area contributed by atoms with Gasteiger partial charge in [-0.2, -0.15) is 0 Å². The molecule has 1 aliphatic heterocycles. The molecule has 1 aromatic rings. The predicted molar refractivity (Wildman–Crippen MR) is 69.9 cm³/mol. The van der Waals surface area contributed by atoms with Crippen molar-refractivity contribution in [3.05, 3.63) is 18.2 Å². The quantitative estimate of drug-likeness (QED) is 0.728. The monoisotopic (exact) mass is 236 g/mol. The molecule has 1 aromatic heterocycles. The molecule has 0 bridgehead atoms. The van der Waals surface area contributed by atoms with E-state index in [-0.39, 0.29) is 0 Å². The van der Waals surface area contributed by atoms with Gasteiger partial charge in [-0.25, -0.2) is 4.98 Å². The summed E-state index contributed by atoms with van der Waals surface area (Å²) in [5.41, 5.74) is 1.29. The molecule has 0 unspecified atom stereocenters. The average Bonchev–Trinajstić information content (AvgIpc) is 2.98. The van der Waals surface area contributed by atoms with Gasteiger partial charge in [-0.1, -0.05) is 0 Å². The molecule has 1 aliphatic rings. The van der Waals surface area contributed by atoms with Crippen LogP contribution in [0.3, 0.4) is 0 Å². The van der Waals surface area contributed by atoms with Gasteiger partial charge >= 0.3 is 0 Å². The summed E-state index contributed by atoms with van der Waals surface area (Å²) in [4.78, 5) is 6.74. The molecule has 0 saturated carbocycles. The van der Waals surface area contributed by atoms with Crippen molar-refractivity contribution in [1.82, 2.24) is 19.8 Å². The topological polar surface area (TPSA) is 33.1 Å². The zero-order valence-corrected chi connectivity index (χ0v) is 10.9. The second kappa shape index (κ2) is 6.77. The Morgan fingerprint density at radius 1 is 1.35 bits per heavy atom. The molecule has 2 rings (SSSR count). The third kappa shape index (κ3) is 3.82. The maximum atomic E-state index is 4.17. The molecule has 0 atom stereocenters. The largest absolute Gasteiger partial charge is 0.334 e. The molecular weight excluding hydrogens is 212 g/mol. The molecule has 2 heterocycles. The molecule has 96 valence electrons. The van der Waals surface area contributed by atoms with Crippen LogP contribution in [-0.2, 0) is 13.1 Å². The van der Waals surface area contributed by atoms with Gasteiger partial charge in [0.05, 0.1) is 12.0 Å². The number of rotatable bonds is 7. The van der Waals surface area contributed by atoms with Crippen LogP contribution in [0.1, 0.15) is 31.9 Å². The maximum absolute atomic E-state index is 4.17. The van der Waals surface area contributed by atoms with Gasteiger partial charge in [0.2, 0.25) is 0 Å². The SMILES string of the molecule is CCn1cncc1CNCCCN1CCCC1. The van der Waals surface area contributed by atoms with Gasteiger partial charge in [-0.15, -0.1) is 0 Å². The van der Waals surface area contributed by atoms with Gasteiger partial charge in [-0.05, 0) is 52.4 Å². The summed E-state index contributed by atoms with van der Waals surface area (Å²) in [6, 6.07) is 0. The van der Waals surface area contributed by atoms with Crippen LogP contribution >= 0.6 is 0 Å². The van der Waals surface area contributed by atoms with E-state index in [9.17, 15) is 0 Å². The van der Waals surface area contributed by atoms with Crippen LogP contribution in [0, 0.1) is 0 Å². The van der Waals surface area contributed by atoms with E-state index in [0.717, 1.165) is 19.6 Å². The molecule has 0 radical (unpaired) electrons. The second-order valence-electron chi connectivity index (χ2n) is 4.75. The Morgan fingerprint density at radius 2 is 2.18 bits per heavy atom. The first-order chi connectivity index (χ1) is 8.40. The smallest absolute Gasteiger partial charge is 0.0948 e. The van der Waals surface area contributed by atoms with Crippen molar-refractivity contribution >= 4 is 0 Å². The van der Waals surface area contributed by atoms with Gasteiger partial charge in [0.25, 0.3) is 0 Å². The fourth-order valence-electron chi connectivity index (χ4n) is 2.43. The Hall–Kier alpha value is -0.870. The summed E-state index contributed by atoms with van der Waals surface area (Å²) in [7, 11) is 0. The second-order valence-corrected chi connectivity index (χ2v) is 4.75. The summed E-state index contributed by atoms with van der Waals surface area (Å²) in [5, 5.41) is 3.50. The number of hydrogen-bond donors (Lipinski definition) is 1. The summed E-state index contributed by atoms with van der Waals surface area (Å²) in [6.45, 7) is 9.06. The third-order valence-electron chi connectivity index (χ3n) is 3.47. The minimum atomic E-state index is 0.938. The summed E-state index contributed by atoms with van der Waals surface area (Å²) >= 11 is 0. The van der Waals surface area contributed by atoms with Crippen LogP contribution in [0.2, 0.25) is 0 Å².